The zero-order valence-electron chi connectivity index (χ0n) is 12.7. The Balaban J connectivity index is 2.01. The molecule has 116 valence electrons. The number of carbonyl (C=O) groups excluding carboxylic acids is 1. The highest BCUT2D eigenvalue weighted by Crippen LogP contribution is 2.29. The number of anilines is 1. The monoisotopic (exact) mass is 294 g/mol. The van der Waals surface area contributed by atoms with Crippen LogP contribution in [0.2, 0.25) is 0 Å². The standard InChI is InChI=1S/C15H22N2O4/c1-11(17-6-8-21-9-7-17)15(18)16-12-4-5-13(19-2)14(10-12)20-3/h4-5,10-11H,6-9H2,1-3H3,(H,16,18)/t11-/m1/s1. The summed E-state index contributed by atoms with van der Waals surface area (Å²) in [5, 5.41) is 2.91. The van der Waals surface area contributed by atoms with Crippen LogP contribution in [0.3, 0.4) is 0 Å². The smallest absolute Gasteiger partial charge is 0.241 e. The van der Waals surface area contributed by atoms with Crippen molar-refractivity contribution >= 4 is 11.6 Å². The summed E-state index contributed by atoms with van der Waals surface area (Å²) in [5.74, 6) is 1.19. The molecule has 1 heterocycles. The molecule has 1 N–H and O–H groups in total. The Labute approximate surface area is 125 Å². The molecule has 0 saturated carbocycles. The Morgan fingerprint density at radius 1 is 1.24 bits per heavy atom. The van der Waals surface area contributed by atoms with E-state index in [9.17, 15) is 4.79 Å². The van der Waals surface area contributed by atoms with E-state index in [2.05, 4.69) is 10.2 Å². The van der Waals surface area contributed by atoms with Gasteiger partial charge in [-0.3, -0.25) is 9.69 Å². The molecule has 0 aliphatic carbocycles. The fourth-order valence-electron chi connectivity index (χ4n) is 2.29. The quantitative estimate of drug-likeness (QED) is 0.888. The van der Waals surface area contributed by atoms with Crippen molar-refractivity contribution < 1.29 is 19.0 Å². The molecule has 0 unspecified atom stereocenters. The van der Waals surface area contributed by atoms with Crippen molar-refractivity contribution in [1.29, 1.82) is 0 Å². The predicted octanol–water partition coefficient (Wildman–Crippen LogP) is 1.36. The number of ether oxygens (including phenoxy) is 3. The summed E-state index contributed by atoms with van der Waals surface area (Å²) in [4.78, 5) is 14.4. The van der Waals surface area contributed by atoms with E-state index >= 15 is 0 Å². The molecular weight excluding hydrogens is 272 g/mol. The molecule has 6 nitrogen and oxygen atoms in total. The Morgan fingerprint density at radius 2 is 1.90 bits per heavy atom. The van der Waals surface area contributed by atoms with Crippen LogP contribution in [0.15, 0.2) is 18.2 Å². The van der Waals surface area contributed by atoms with Crippen molar-refractivity contribution in [3.05, 3.63) is 18.2 Å². The van der Waals surface area contributed by atoms with Gasteiger partial charge in [0.15, 0.2) is 11.5 Å². The van der Waals surface area contributed by atoms with Crippen LogP contribution < -0.4 is 14.8 Å². The van der Waals surface area contributed by atoms with Gasteiger partial charge in [0.05, 0.1) is 33.5 Å². The summed E-state index contributed by atoms with van der Waals surface area (Å²) in [6.07, 6.45) is 0. The summed E-state index contributed by atoms with van der Waals surface area (Å²) in [5.41, 5.74) is 0.692. The van der Waals surface area contributed by atoms with E-state index in [0.29, 0.717) is 30.4 Å². The fourth-order valence-corrected chi connectivity index (χ4v) is 2.29. The fraction of sp³-hybridized carbons (Fsp3) is 0.533. The molecule has 1 aliphatic heterocycles. The number of nitrogens with one attached hydrogen (secondary N) is 1. The third-order valence-electron chi connectivity index (χ3n) is 3.62. The lowest BCUT2D eigenvalue weighted by Crippen LogP contribution is -2.47. The number of nitrogens with zero attached hydrogens (tertiary/aromatic N) is 1. The van der Waals surface area contributed by atoms with Crippen molar-refractivity contribution in [3.63, 3.8) is 0 Å². The van der Waals surface area contributed by atoms with Crippen molar-refractivity contribution in [2.45, 2.75) is 13.0 Å². The SMILES string of the molecule is COc1ccc(NC(=O)[C@@H](C)N2CCOCC2)cc1OC. The molecule has 1 aromatic carbocycles. The molecule has 21 heavy (non-hydrogen) atoms. The second-order valence-corrected chi connectivity index (χ2v) is 4.88. The molecular formula is C15H22N2O4. The van der Waals surface area contributed by atoms with Gasteiger partial charge >= 0.3 is 0 Å². The molecule has 6 heteroatoms. The van der Waals surface area contributed by atoms with E-state index in [4.69, 9.17) is 14.2 Å². The van der Waals surface area contributed by atoms with Crippen molar-refractivity contribution in [3.8, 4) is 11.5 Å². The molecule has 1 aromatic rings. The molecule has 0 aromatic heterocycles. The minimum Gasteiger partial charge on any atom is -0.493 e. The van der Waals surface area contributed by atoms with Gasteiger partial charge in [-0.15, -0.1) is 0 Å². The first kappa shape index (κ1) is 15.6. The number of benzene rings is 1. The molecule has 1 amide bonds. The maximum Gasteiger partial charge on any atom is 0.241 e. The highest BCUT2D eigenvalue weighted by molar-refractivity contribution is 5.94. The Bertz CT molecular complexity index is 487. The number of rotatable bonds is 5. The van der Waals surface area contributed by atoms with Crippen molar-refractivity contribution in [2.75, 3.05) is 45.8 Å². The number of hydrogen-bond donors (Lipinski definition) is 1. The van der Waals surface area contributed by atoms with E-state index in [1.54, 1.807) is 32.4 Å². The second kappa shape index (κ2) is 7.28. The average molecular weight is 294 g/mol. The largest absolute Gasteiger partial charge is 0.493 e. The summed E-state index contributed by atoms with van der Waals surface area (Å²) in [6.45, 7) is 4.81. The lowest BCUT2D eigenvalue weighted by molar-refractivity contribution is -0.122. The zero-order chi connectivity index (χ0) is 15.2. The molecule has 1 atom stereocenters. The molecule has 1 fully saturated rings. The molecule has 1 aliphatic rings. The van der Waals surface area contributed by atoms with E-state index in [1.807, 2.05) is 6.92 Å². The Kier molecular flexibility index (Phi) is 5.41. The van der Waals surface area contributed by atoms with Crippen molar-refractivity contribution in [2.24, 2.45) is 0 Å². The highest BCUT2D eigenvalue weighted by atomic mass is 16.5. The molecule has 0 spiro atoms. The number of amides is 1. The number of carbonyl (C=O) groups is 1. The number of morpholine rings is 1. The van der Waals surface area contributed by atoms with Crippen LogP contribution in [0.5, 0.6) is 11.5 Å². The van der Waals surface area contributed by atoms with E-state index in [-0.39, 0.29) is 11.9 Å². The van der Waals surface area contributed by atoms with Gasteiger partial charge in [-0.05, 0) is 19.1 Å². The lowest BCUT2D eigenvalue weighted by Gasteiger charge is -2.31. The van der Waals surface area contributed by atoms with Crippen LogP contribution in [0.25, 0.3) is 0 Å². The predicted molar refractivity (Wildman–Crippen MR) is 80.0 cm³/mol. The topological polar surface area (TPSA) is 60.0 Å². The van der Waals surface area contributed by atoms with E-state index < -0.39 is 0 Å². The van der Waals surface area contributed by atoms with Crippen LogP contribution in [-0.2, 0) is 9.53 Å². The van der Waals surface area contributed by atoms with Gasteiger partial charge in [-0.2, -0.15) is 0 Å². The minimum absolute atomic E-state index is 0.0379. The first-order valence-electron chi connectivity index (χ1n) is 7.00. The molecule has 0 radical (unpaired) electrons. The number of methoxy groups -OCH3 is 2. The van der Waals surface area contributed by atoms with E-state index in [0.717, 1.165) is 13.1 Å². The van der Waals surface area contributed by atoms with Crippen LogP contribution >= 0.6 is 0 Å². The van der Waals surface area contributed by atoms with Gasteiger partial charge in [-0.25, -0.2) is 0 Å². The normalized spacial score (nSPS) is 17.1. The first-order chi connectivity index (χ1) is 10.2. The Morgan fingerprint density at radius 3 is 2.52 bits per heavy atom. The van der Waals surface area contributed by atoms with Gasteiger partial charge < -0.3 is 19.5 Å². The molecule has 2 rings (SSSR count). The highest BCUT2D eigenvalue weighted by Gasteiger charge is 2.23. The third-order valence-corrected chi connectivity index (χ3v) is 3.62. The van der Waals surface area contributed by atoms with Crippen LogP contribution in [-0.4, -0.2) is 57.4 Å². The Hall–Kier alpha value is -1.79. The van der Waals surface area contributed by atoms with E-state index in [1.165, 1.54) is 0 Å². The summed E-state index contributed by atoms with van der Waals surface area (Å²) < 4.78 is 15.7. The van der Waals surface area contributed by atoms with Crippen molar-refractivity contribution in [1.82, 2.24) is 4.90 Å². The van der Waals surface area contributed by atoms with Gasteiger partial charge in [0.25, 0.3) is 0 Å². The maximum atomic E-state index is 12.3. The summed E-state index contributed by atoms with van der Waals surface area (Å²) >= 11 is 0. The average Bonchev–Trinajstić information content (AvgIpc) is 2.54. The van der Waals surface area contributed by atoms with Gasteiger partial charge in [0, 0.05) is 24.8 Å². The lowest BCUT2D eigenvalue weighted by atomic mass is 10.2. The van der Waals surface area contributed by atoms with Gasteiger partial charge in [0.2, 0.25) is 5.91 Å². The minimum atomic E-state index is -0.193. The zero-order valence-corrected chi connectivity index (χ0v) is 12.7. The van der Waals surface area contributed by atoms with Crippen LogP contribution in [0, 0.1) is 0 Å². The summed E-state index contributed by atoms with van der Waals surface area (Å²) in [7, 11) is 3.15. The maximum absolute atomic E-state index is 12.3. The van der Waals surface area contributed by atoms with Gasteiger partial charge in [-0.1, -0.05) is 0 Å². The molecule has 0 bridgehead atoms. The first-order valence-corrected chi connectivity index (χ1v) is 7.00. The van der Waals surface area contributed by atoms with Crippen LogP contribution in [0.4, 0.5) is 5.69 Å². The second-order valence-electron chi connectivity index (χ2n) is 4.88. The number of hydrogen-bond acceptors (Lipinski definition) is 5. The van der Waals surface area contributed by atoms with Crippen LogP contribution in [0.1, 0.15) is 6.92 Å². The molecule has 1 saturated heterocycles. The third kappa shape index (κ3) is 3.86. The summed E-state index contributed by atoms with van der Waals surface area (Å²) in [6, 6.07) is 5.13. The van der Waals surface area contributed by atoms with Gasteiger partial charge in [0.1, 0.15) is 0 Å².